The third kappa shape index (κ3) is 5.03. The van der Waals surface area contributed by atoms with Gasteiger partial charge in [0, 0.05) is 34.6 Å². The Morgan fingerprint density at radius 2 is 1.79 bits per heavy atom. The summed E-state index contributed by atoms with van der Waals surface area (Å²) in [7, 11) is 0. The molecule has 0 saturated carbocycles. The molecule has 3 heterocycles. The zero-order chi connectivity index (χ0) is 23.3. The molecule has 4 aromatic rings. The Hall–Kier alpha value is -3.10. The number of carbonyl (C=O) groups excluding carboxylic acids is 1. The van der Waals surface area contributed by atoms with Crippen LogP contribution in [0.15, 0.2) is 89.2 Å². The van der Waals surface area contributed by atoms with Crippen molar-refractivity contribution < 1.29 is 4.79 Å². The van der Waals surface area contributed by atoms with Crippen LogP contribution in [0.2, 0.25) is 0 Å². The monoisotopic (exact) mass is 487 g/mol. The maximum absolute atomic E-state index is 13.4. The molecule has 1 unspecified atom stereocenters. The summed E-state index contributed by atoms with van der Waals surface area (Å²) in [6.45, 7) is 3.57. The largest absolute Gasteiger partial charge is 0.311 e. The van der Waals surface area contributed by atoms with Crippen LogP contribution in [0.25, 0.3) is 11.4 Å². The number of amides is 1. The van der Waals surface area contributed by atoms with Gasteiger partial charge in [0.2, 0.25) is 5.91 Å². The number of aromatic nitrogens is 4. The van der Waals surface area contributed by atoms with Crippen LogP contribution in [0.4, 0.5) is 5.69 Å². The second-order valence-corrected chi connectivity index (χ2v) is 10.6. The molecule has 0 N–H and O–H groups in total. The second-order valence-electron chi connectivity index (χ2n) is 8.13. The molecule has 0 bridgehead atoms. The van der Waals surface area contributed by atoms with Crippen molar-refractivity contribution in [1.29, 1.82) is 0 Å². The number of hydrogen-bond acceptors (Lipinski definition) is 6. The van der Waals surface area contributed by atoms with Crippen molar-refractivity contribution in [3.63, 3.8) is 0 Å². The predicted octanol–water partition coefficient (Wildman–Crippen LogP) is 5.40. The smallest absolute Gasteiger partial charge is 0.237 e. The van der Waals surface area contributed by atoms with E-state index in [0.717, 1.165) is 45.7 Å². The number of benzene rings is 2. The number of para-hydroxylation sites is 1. The Morgan fingerprint density at radius 1 is 1.03 bits per heavy atom. The van der Waals surface area contributed by atoms with E-state index in [-0.39, 0.29) is 5.91 Å². The standard InChI is InChI=1S/C26H25N5OS2/c1-19-13-16-30(22-9-5-6-10-23(22)34-19)24(32)18-33-26-29-28-25(21-11-14-27-15-12-21)31(26)17-20-7-3-2-4-8-20/h2-12,14-15,19H,13,16-18H2,1H3. The molecule has 1 amide bonds. The van der Waals surface area contributed by atoms with Gasteiger partial charge in [0.1, 0.15) is 0 Å². The Bertz CT molecular complexity index is 1260. The van der Waals surface area contributed by atoms with Crippen LogP contribution < -0.4 is 4.90 Å². The molecule has 8 heteroatoms. The minimum Gasteiger partial charge on any atom is -0.311 e. The molecule has 1 aliphatic rings. The summed E-state index contributed by atoms with van der Waals surface area (Å²) in [4.78, 5) is 20.6. The van der Waals surface area contributed by atoms with Crippen molar-refractivity contribution in [2.45, 2.75) is 35.2 Å². The van der Waals surface area contributed by atoms with Gasteiger partial charge in [0.15, 0.2) is 11.0 Å². The fourth-order valence-corrected chi connectivity index (χ4v) is 5.90. The molecule has 2 aromatic heterocycles. The number of anilines is 1. The second kappa shape index (κ2) is 10.4. The summed E-state index contributed by atoms with van der Waals surface area (Å²) in [5.41, 5.74) is 3.10. The lowest BCUT2D eigenvalue weighted by atomic mass is 10.2. The number of carbonyl (C=O) groups is 1. The lowest BCUT2D eigenvalue weighted by Crippen LogP contribution is -2.33. The normalized spacial score (nSPS) is 15.6. The van der Waals surface area contributed by atoms with Gasteiger partial charge in [0.05, 0.1) is 18.0 Å². The average Bonchev–Trinajstić information content (AvgIpc) is 3.18. The van der Waals surface area contributed by atoms with Crippen LogP contribution in [-0.4, -0.2) is 43.2 Å². The molecular formula is C26H25N5OS2. The van der Waals surface area contributed by atoms with Gasteiger partial charge in [-0.15, -0.1) is 22.0 Å². The summed E-state index contributed by atoms with van der Waals surface area (Å²) < 4.78 is 2.08. The summed E-state index contributed by atoms with van der Waals surface area (Å²) >= 11 is 3.28. The lowest BCUT2D eigenvalue weighted by molar-refractivity contribution is -0.116. The number of fused-ring (bicyclic) bond motifs is 1. The number of hydrogen-bond donors (Lipinski definition) is 0. The molecule has 0 radical (unpaired) electrons. The van der Waals surface area contributed by atoms with Gasteiger partial charge in [-0.1, -0.05) is 61.2 Å². The third-order valence-corrected chi connectivity index (χ3v) is 7.90. The van der Waals surface area contributed by atoms with Gasteiger partial charge in [-0.3, -0.25) is 14.3 Å². The first-order valence-electron chi connectivity index (χ1n) is 11.3. The molecule has 1 aliphatic heterocycles. The van der Waals surface area contributed by atoms with Gasteiger partial charge in [0.25, 0.3) is 0 Å². The van der Waals surface area contributed by atoms with Crippen LogP contribution in [0, 0.1) is 0 Å². The Labute approximate surface area is 207 Å². The molecule has 5 rings (SSSR count). The maximum atomic E-state index is 13.4. The van der Waals surface area contributed by atoms with Crippen molar-refractivity contribution in [2.24, 2.45) is 0 Å². The van der Waals surface area contributed by atoms with Crippen LogP contribution in [0.3, 0.4) is 0 Å². The summed E-state index contributed by atoms with van der Waals surface area (Å²) in [5, 5.41) is 10.1. The maximum Gasteiger partial charge on any atom is 0.237 e. The molecule has 0 saturated heterocycles. The number of rotatable bonds is 6. The molecule has 0 spiro atoms. The molecule has 34 heavy (non-hydrogen) atoms. The van der Waals surface area contributed by atoms with Crippen molar-refractivity contribution >= 4 is 35.1 Å². The first kappa shape index (κ1) is 22.7. The first-order valence-corrected chi connectivity index (χ1v) is 13.1. The Morgan fingerprint density at radius 3 is 2.62 bits per heavy atom. The Balaban J connectivity index is 1.39. The highest BCUT2D eigenvalue weighted by Gasteiger charge is 2.25. The molecular weight excluding hydrogens is 462 g/mol. The van der Waals surface area contributed by atoms with E-state index in [1.54, 1.807) is 12.4 Å². The van der Waals surface area contributed by atoms with Gasteiger partial charge in [-0.2, -0.15) is 0 Å². The summed E-state index contributed by atoms with van der Waals surface area (Å²) in [5.74, 6) is 1.16. The van der Waals surface area contributed by atoms with Crippen molar-refractivity contribution in [3.8, 4) is 11.4 Å². The quantitative estimate of drug-likeness (QED) is 0.340. The molecule has 2 aromatic carbocycles. The van der Waals surface area contributed by atoms with Crippen LogP contribution in [-0.2, 0) is 11.3 Å². The number of nitrogens with zero attached hydrogens (tertiary/aromatic N) is 5. The van der Waals surface area contributed by atoms with E-state index in [1.165, 1.54) is 11.8 Å². The van der Waals surface area contributed by atoms with Crippen LogP contribution >= 0.6 is 23.5 Å². The van der Waals surface area contributed by atoms with E-state index in [2.05, 4.69) is 44.9 Å². The molecule has 0 fully saturated rings. The highest BCUT2D eigenvalue weighted by atomic mass is 32.2. The summed E-state index contributed by atoms with van der Waals surface area (Å²) in [6, 6.07) is 22.3. The third-order valence-electron chi connectivity index (χ3n) is 5.71. The number of pyridine rings is 1. The van der Waals surface area contributed by atoms with E-state index in [1.807, 2.05) is 65.2 Å². The van der Waals surface area contributed by atoms with Crippen LogP contribution in [0.5, 0.6) is 0 Å². The van der Waals surface area contributed by atoms with Crippen LogP contribution in [0.1, 0.15) is 18.9 Å². The fraction of sp³-hybridized carbons (Fsp3) is 0.231. The van der Waals surface area contributed by atoms with Crippen molar-refractivity contribution in [3.05, 3.63) is 84.7 Å². The summed E-state index contributed by atoms with van der Waals surface area (Å²) in [6.07, 6.45) is 4.47. The predicted molar refractivity (Wildman–Crippen MR) is 138 cm³/mol. The zero-order valence-electron chi connectivity index (χ0n) is 18.9. The zero-order valence-corrected chi connectivity index (χ0v) is 20.5. The van der Waals surface area contributed by atoms with E-state index in [4.69, 9.17) is 0 Å². The fourth-order valence-electron chi connectivity index (χ4n) is 3.97. The van der Waals surface area contributed by atoms with Gasteiger partial charge < -0.3 is 4.90 Å². The minimum atomic E-state index is 0.0897. The molecule has 6 nitrogen and oxygen atoms in total. The van der Waals surface area contributed by atoms with E-state index in [9.17, 15) is 4.79 Å². The average molecular weight is 488 g/mol. The van der Waals surface area contributed by atoms with E-state index >= 15 is 0 Å². The van der Waals surface area contributed by atoms with Gasteiger partial charge >= 0.3 is 0 Å². The van der Waals surface area contributed by atoms with Crippen molar-refractivity contribution in [2.75, 3.05) is 17.2 Å². The molecule has 172 valence electrons. The van der Waals surface area contributed by atoms with Gasteiger partial charge in [-0.05, 0) is 36.2 Å². The van der Waals surface area contributed by atoms with E-state index < -0.39 is 0 Å². The van der Waals surface area contributed by atoms with E-state index in [0.29, 0.717) is 17.5 Å². The SMILES string of the molecule is CC1CCN(C(=O)CSc2nnc(-c3ccncc3)n2Cc2ccccc2)c2ccccc2S1. The highest BCUT2D eigenvalue weighted by molar-refractivity contribution is 8.00. The minimum absolute atomic E-state index is 0.0897. The first-order chi connectivity index (χ1) is 16.7. The Kier molecular flexibility index (Phi) is 6.97. The molecule has 1 atom stereocenters. The topological polar surface area (TPSA) is 63.9 Å². The van der Waals surface area contributed by atoms with Crippen molar-refractivity contribution in [1.82, 2.24) is 19.7 Å². The number of thioether (sulfide) groups is 2. The lowest BCUT2D eigenvalue weighted by Gasteiger charge is -2.22. The molecule has 0 aliphatic carbocycles. The van der Waals surface area contributed by atoms with Gasteiger partial charge in [-0.25, -0.2) is 0 Å². The highest BCUT2D eigenvalue weighted by Crippen LogP contribution is 2.37.